The Labute approximate surface area is 76.4 Å². The van der Waals surface area contributed by atoms with Crippen LogP contribution >= 0.6 is 0 Å². The minimum absolute atomic E-state index is 0.510. The van der Waals surface area contributed by atoms with Crippen molar-refractivity contribution in [2.75, 3.05) is 0 Å². The molecule has 1 aromatic heterocycles. The van der Waals surface area contributed by atoms with Crippen molar-refractivity contribution in [1.82, 2.24) is 0 Å². The topological polar surface area (TPSA) is 50.4 Å². The van der Waals surface area contributed by atoms with Crippen molar-refractivity contribution < 1.29 is 14.3 Å². The van der Waals surface area contributed by atoms with Gasteiger partial charge in [0.05, 0.1) is 5.41 Å². The van der Waals surface area contributed by atoms with Crippen LogP contribution in [0.5, 0.6) is 0 Å². The lowest BCUT2D eigenvalue weighted by atomic mass is 10.0. The summed E-state index contributed by atoms with van der Waals surface area (Å²) in [6.07, 6.45) is 2.10. The van der Waals surface area contributed by atoms with Crippen molar-refractivity contribution in [3.63, 3.8) is 0 Å². The minimum Gasteiger partial charge on any atom is -0.481 e. The molecule has 0 amide bonds. The van der Waals surface area contributed by atoms with Crippen LogP contribution in [0.3, 0.4) is 0 Å². The largest absolute Gasteiger partial charge is 0.481 e. The van der Waals surface area contributed by atoms with Gasteiger partial charge in [0, 0.05) is 6.42 Å². The lowest BCUT2D eigenvalue weighted by molar-refractivity contribution is -0.143. The van der Waals surface area contributed by atoms with Crippen LogP contribution in [-0.4, -0.2) is 11.1 Å². The molecule has 1 saturated carbocycles. The molecule has 0 atom stereocenters. The predicted molar refractivity (Wildman–Crippen MR) is 46.5 cm³/mol. The SMILES string of the molecule is Cc1ccc(CC2(C(=O)O)CC2)o1. The third-order valence-corrected chi connectivity index (χ3v) is 2.62. The lowest BCUT2D eigenvalue weighted by Gasteiger charge is -2.05. The van der Waals surface area contributed by atoms with Crippen LogP contribution in [-0.2, 0) is 11.2 Å². The van der Waals surface area contributed by atoms with Crippen LogP contribution in [0, 0.1) is 12.3 Å². The average molecular weight is 180 g/mol. The summed E-state index contributed by atoms with van der Waals surface area (Å²) in [7, 11) is 0. The highest BCUT2D eigenvalue weighted by molar-refractivity contribution is 5.78. The summed E-state index contributed by atoms with van der Waals surface area (Å²) in [6.45, 7) is 1.86. The molecule has 1 aliphatic carbocycles. The zero-order valence-corrected chi connectivity index (χ0v) is 7.54. The number of hydrogen-bond donors (Lipinski definition) is 1. The van der Waals surface area contributed by atoms with E-state index in [0.717, 1.165) is 24.4 Å². The van der Waals surface area contributed by atoms with E-state index in [-0.39, 0.29) is 0 Å². The Morgan fingerprint density at radius 2 is 2.31 bits per heavy atom. The highest BCUT2D eigenvalue weighted by Crippen LogP contribution is 2.48. The molecule has 1 heterocycles. The summed E-state index contributed by atoms with van der Waals surface area (Å²) >= 11 is 0. The van der Waals surface area contributed by atoms with Crippen LogP contribution in [0.15, 0.2) is 16.5 Å². The minimum atomic E-state index is -0.693. The number of rotatable bonds is 3. The van der Waals surface area contributed by atoms with Gasteiger partial charge >= 0.3 is 5.97 Å². The maximum absolute atomic E-state index is 10.9. The normalized spacial score (nSPS) is 18.5. The van der Waals surface area contributed by atoms with Gasteiger partial charge in [-0.1, -0.05) is 0 Å². The monoisotopic (exact) mass is 180 g/mol. The molecule has 2 rings (SSSR count). The lowest BCUT2D eigenvalue weighted by Crippen LogP contribution is -2.17. The molecule has 1 N–H and O–H groups in total. The maximum Gasteiger partial charge on any atom is 0.310 e. The molecule has 0 radical (unpaired) electrons. The van der Waals surface area contributed by atoms with Crippen molar-refractivity contribution in [2.45, 2.75) is 26.2 Å². The van der Waals surface area contributed by atoms with E-state index in [1.807, 2.05) is 19.1 Å². The standard InChI is InChI=1S/C10H12O3/c1-7-2-3-8(13-7)6-10(4-5-10)9(11)12/h2-3H,4-6H2,1H3,(H,11,12). The fraction of sp³-hybridized carbons (Fsp3) is 0.500. The summed E-state index contributed by atoms with van der Waals surface area (Å²) in [4.78, 5) is 10.9. The van der Waals surface area contributed by atoms with E-state index in [2.05, 4.69) is 0 Å². The Balaban J connectivity index is 2.10. The number of carbonyl (C=O) groups is 1. The van der Waals surface area contributed by atoms with E-state index in [9.17, 15) is 4.79 Å². The molecule has 3 nitrogen and oxygen atoms in total. The summed E-state index contributed by atoms with van der Waals surface area (Å²) in [5.74, 6) is 0.940. The van der Waals surface area contributed by atoms with Crippen LogP contribution < -0.4 is 0 Å². The highest BCUT2D eigenvalue weighted by Gasteiger charge is 2.50. The van der Waals surface area contributed by atoms with Crippen molar-refractivity contribution in [2.24, 2.45) is 5.41 Å². The van der Waals surface area contributed by atoms with Crippen molar-refractivity contribution in [3.8, 4) is 0 Å². The molecule has 1 fully saturated rings. The second-order valence-electron chi connectivity index (χ2n) is 3.77. The molecule has 3 heteroatoms. The van der Waals surface area contributed by atoms with Gasteiger partial charge in [0.15, 0.2) is 0 Å². The van der Waals surface area contributed by atoms with Gasteiger partial charge in [-0.05, 0) is 31.9 Å². The number of furan rings is 1. The van der Waals surface area contributed by atoms with Gasteiger partial charge < -0.3 is 9.52 Å². The number of aliphatic carboxylic acids is 1. The van der Waals surface area contributed by atoms with E-state index >= 15 is 0 Å². The van der Waals surface area contributed by atoms with Crippen molar-refractivity contribution in [1.29, 1.82) is 0 Å². The summed E-state index contributed by atoms with van der Waals surface area (Å²) in [5.41, 5.74) is -0.510. The molecule has 0 spiro atoms. The highest BCUT2D eigenvalue weighted by atomic mass is 16.4. The molecule has 0 aliphatic heterocycles. The third-order valence-electron chi connectivity index (χ3n) is 2.62. The molecule has 0 aromatic carbocycles. The van der Waals surface area contributed by atoms with Gasteiger partial charge in [-0.2, -0.15) is 0 Å². The van der Waals surface area contributed by atoms with Crippen molar-refractivity contribution in [3.05, 3.63) is 23.7 Å². The van der Waals surface area contributed by atoms with Crippen LogP contribution in [0.1, 0.15) is 24.4 Å². The Morgan fingerprint density at radius 3 is 2.69 bits per heavy atom. The van der Waals surface area contributed by atoms with E-state index in [4.69, 9.17) is 9.52 Å². The first-order valence-corrected chi connectivity index (χ1v) is 4.41. The first-order chi connectivity index (χ1) is 6.12. The molecule has 0 bridgehead atoms. The average Bonchev–Trinajstić information content (AvgIpc) is 2.72. The number of carboxylic acids is 1. The van der Waals surface area contributed by atoms with Gasteiger partial charge in [0.1, 0.15) is 11.5 Å². The molecular formula is C10H12O3. The van der Waals surface area contributed by atoms with Crippen molar-refractivity contribution >= 4 is 5.97 Å². The fourth-order valence-electron chi connectivity index (χ4n) is 1.53. The van der Waals surface area contributed by atoms with Crippen LogP contribution in [0.25, 0.3) is 0 Å². The Hall–Kier alpha value is -1.25. The van der Waals surface area contributed by atoms with E-state index in [1.165, 1.54) is 0 Å². The predicted octanol–water partition coefficient (Wildman–Crippen LogP) is 2.00. The molecule has 70 valence electrons. The molecule has 13 heavy (non-hydrogen) atoms. The van der Waals surface area contributed by atoms with Gasteiger partial charge in [0.2, 0.25) is 0 Å². The molecular weight excluding hydrogens is 168 g/mol. The first-order valence-electron chi connectivity index (χ1n) is 4.41. The zero-order valence-electron chi connectivity index (χ0n) is 7.54. The van der Waals surface area contributed by atoms with Crippen LogP contribution in [0.2, 0.25) is 0 Å². The Kier molecular flexibility index (Phi) is 1.68. The van der Waals surface area contributed by atoms with E-state index in [1.54, 1.807) is 0 Å². The third kappa shape index (κ3) is 1.46. The second-order valence-corrected chi connectivity index (χ2v) is 3.77. The van der Waals surface area contributed by atoms with Crippen LogP contribution in [0.4, 0.5) is 0 Å². The summed E-state index contributed by atoms with van der Waals surface area (Å²) < 4.78 is 5.35. The fourth-order valence-corrected chi connectivity index (χ4v) is 1.53. The molecule has 0 unspecified atom stereocenters. The Bertz CT molecular complexity index is 334. The van der Waals surface area contributed by atoms with Gasteiger partial charge in [-0.3, -0.25) is 4.79 Å². The number of aryl methyl sites for hydroxylation is 1. The van der Waals surface area contributed by atoms with E-state index < -0.39 is 11.4 Å². The Morgan fingerprint density at radius 1 is 1.62 bits per heavy atom. The quantitative estimate of drug-likeness (QED) is 0.773. The first kappa shape index (κ1) is 8.35. The van der Waals surface area contributed by atoms with Gasteiger partial charge in [-0.25, -0.2) is 0 Å². The number of hydrogen-bond acceptors (Lipinski definition) is 2. The summed E-state index contributed by atoms with van der Waals surface area (Å²) in [5, 5.41) is 8.93. The molecule has 1 aliphatic rings. The smallest absolute Gasteiger partial charge is 0.310 e. The summed E-state index contributed by atoms with van der Waals surface area (Å²) in [6, 6.07) is 3.73. The second kappa shape index (κ2) is 2.62. The van der Waals surface area contributed by atoms with E-state index in [0.29, 0.717) is 6.42 Å². The number of carboxylic acid groups (broad SMARTS) is 1. The van der Waals surface area contributed by atoms with Gasteiger partial charge in [0.25, 0.3) is 0 Å². The maximum atomic E-state index is 10.9. The molecule has 0 saturated heterocycles. The molecule has 1 aromatic rings. The zero-order chi connectivity index (χ0) is 9.47. The van der Waals surface area contributed by atoms with Gasteiger partial charge in [-0.15, -0.1) is 0 Å².